The highest BCUT2D eigenvalue weighted by Crippen LogP contribution is 2.14. The van der Waals surface area contributed by atoms with Gasteiger partial charge in [-0.3, -0.25) is 0 Å². The van der Waals surface area contributed by atoms with Crippen molar-refractivity contribution < 1.29 is 10.2 Å². The third-order valence-electron chi connectivity index (χ3n) is 0.703. The second-order valence-corrected chi connectivity index (χ2v) is 3.10. The van der Waals surface area contributed by atoms with E-state index in [1.165, 1.54) is 11.8 Å². The van der Waals surface area contributed by atoms with Crippen LogP contribution < -0.4 is 0 Å². The molecule has 0 radical (unpaired) electrons. The third-order valence-corrected chi connectivity index (χ3v) is 1.74. The van der Waals surface area contributed by atoms with Crippen molar-refractivity contribution >= 4 is 11.8 Å². The Bertz CT molecular complexity index is 56.4. The van der Waals surface area contributed by atoms with Crippen molar-refractivity contribution in [1.82, 2.24) is 0 Å². The summed E-state index contributed by atoms with van der Waals surface area (Å²) in [5, 5.41) is 17.5. The minimum Gasteiger partial charge on any atom is -0.383 e. The summed E-state index contributed by atoms with van der Waals surface area (Å²) in [4.78, 5) is 0. The van der Waals surface area contributed by atoms with Gasteiger partial charge in [-0.15, -0.1) is 0 Å². The van der Waals surface area contributed by atoms with Crippen LogP contribution in [0, 0.1) is 0 Å². The topological polar surface area (TPSA) is 40.5 Å². The van der Waals surface area contributed by atoms with E-state index in [1.54, 1.807) is 6.92 Å². The monoisotopic (exact) mass is 136 g/mol. The zero-order valence-electron chi connectivity index (χ0n) is 5.16. The van der Waals surface area contributed by atoms with Gasteiger partial charge >= 0.3 is 0 Å². The summed E-state index contributed by atoms with van der Waals surface area (Å²) in [6.07, 6.45) is 0.690. The van der Waals surface area contributed by atoms with Gasteiger partial charge in [-0.25, -0.2) is 0 Å². The number of hydrogen-bond donors (Lipinski definition) is 2. The zero-order valence-corrected chi connectivity index (χ0v) is 5.98. The SMILES string of the molecule is CC[C@@H](O)S[C@@H](C)O. The van der Waals surface area contributed by atoms with Crippen molar-refractivity contribution in [2.24, 2.45) is 0 Å². The maximum absolute atomic E-state index is 8.83. The van der Waals surface area contributed by atoms with E-state index in [0.29, 0.717) is 6.42 Å². The lowest BCUT2D eigenvalue weighted by Gasteiger charge is -2.07. The Hall–Kier alpha value is 0.270. The molecule has 3 heteroatoms. The van der Waals surface area contributed by atoms with Crippen molar-refractivity contribution in [2.75, 3.05) is 0 Å². The lowest BCUT2D eigenvalue weighted by molar-refractivity contribution is 0.241. The van der Waals surface area contributed by atoms with Crippen LogP contribution in [-0.4, -0.2) is 21.1 Å². The molecule has 0 amide bonds. The fourth-order valence-corrected chi connectivity index (χ4v) is 0.971. The molecule has 2 nitrogen and oxygen atoms in total. The average Bonchev–Trinajstić information content (AvgIpc) is 1.65. The fourth-order valence-electron chi connectivity index (χ4n) is 0.324. The molecule has 2 atom stereocenters. The van der Waals surface area contributed by atoms with E-state index in [9.17, 15) is 0 Å². The Morgan fingerprint density at radius 1 is 1.50 bits per heavy atom. The van der Waals surface area contributed by atoms with Gasteiger partial charge < -0.3 is 10.2 Å². The van der Waals surface area contributed by atoms with Gasteiger partial charge in [0.1, 0.15) is 5.44 Å². The minimum atomic E-state index is -0.454. The molecule has 0 aliphatic carbocycles. The lowest BCUT2D eigenvalue weighted by Crippen LogP contribution is -2.04. The first-order valence-electron chi connectivity index (χ1n) is 2.68. The molecule has 0 heterocycles. The fraction of sp³-hybridized carbons (Fsp3) is 1.00. The molecule has 0 saturated carbocycles. The standard InChI is InChI=1S/C5H12O2S/c1-3-5(7)8-4(2)6/h4-7H,3H2,1-2H3/t4-,5-/m0/s1. The summed E-state index contributed by atoms with van der Waals surface area (Å²) >= 11 is 1.17. The minimum absolute atomic E-state index is 0.407. The van der Waals surface area contributed by atoms with E-state index in [4.69, 9.17) is 10.2 Å². The summed E-state index contributed by atoms with van der Waals surface area (Å²) in [5.74, 6) is 0. The molecule has 0 spiro atoms. The van der Waals surface area contributed by atoms with E-state index >= 15 is 0 Å². The predicted molar refractivity (Wildman–Crippen MR) is 35.6 cm³/mol. The molecule has 0 aromatic heterocycles. The number of hydrogen-bond acceptors (Lipinski definition) is 3. The van der Waals surface area contributed by atoms with Crippen LogP contribution in [0.15, 0.2) is 0 Å². The highest BCUT2D eigenvalue weighted by molar-refractivity contribution is 8.00. The Morgan fingerprint density at radius 2 is 2.00 bits per heavy atom. The molecule has 8 heavy (non-hydrogen) atoms. The van der Waals surface area contributed by atoms with Gasteiger partial charge in [-0.05, 0) is 13.3 Å². The number of thioether (sulfide) groups is 1. The summed E-state index contributed by atoms with van der Waals surface area (Å²) in [6.45, 7) is 3.52. The smallest absolute Gasteiger partial charge is 0.101 e. The van der Waals surface area contributed by atoms with Crippen LogP contribution in [0.2, 0.25) is 0 Å². The molecule has 0 fully saturated rings. The molecule has 0 bridgehead atoms. The molecule has 0 aromatic rings. The van der Waals surface area contributed by atoms with Gasteiger partial charge in [-0.1, -0.05) is 18.7 Å². The van der Waals surface area contributed by atoms with Crippen LogP contribution in [0.25, 0.3) is 0 Å². The molecule has 0 rings (SSSR count). The second-order valence-electron chi connectivity index (χ2n) is 1.60. The molecular formula is C5H12O2S. The molecule has 0 unspecified atom stereocenters. The first kappa shape index (κ1) is 8.27. The Kier molecular flexibility index (Phi) is 4.32. The Morgan fingerprint density at radius 3 is 2.12 bits per heavy atom. The van der Waals surface area contributed by atoms with Gasteiger partial charge in [0, 0.05) is 0 Å². The lowest BCUT2D eigenvalue weighted by atomic mass is 10.5. The first-order valence-corrected chi connectivity index (χ1v) is 3.62. The van der Waals surface area contributed by atoms with E-state index in [2.05, 4.69) is 0 Å². The van der Waals surface area contributed by atoms with Crippen LogP contribution in [0.5, 0.6) is 0 Å². The number of aliphatic hydroxyl groups excluding tert-OH is 2. The van der Waals surface area contributed by atoms with Crippen LogP contribution >= 0.6 is 11.8 Å². The highest BCUT2D eigenvalue weighted by atomic mass is 32.2. The van der Waals surface area contributed by atoms with Gasteiger partial charge in [0.2, 0.25) is 0 Å². The largest absolute Gasteiger partial charge is 0.383 e. The summed E-state index contributed by atoms with van der Waals surface area (Å²) in [5.41, 5.74) is -0.861. The van der Waals surface area contributed by atoms with Crippen LogP contribution in [0.4, 0.5) is 0 Å². The van der Waals surface area contributed by atoms with Crippen molar-refractivity contribution in [3.8, 4) is 0 Å². The number of aliphatic hydroxyl groups is 2. The summed E-state index contributed by atoms with van der Waals surface area (Å²) in [6, 6.07) is 0. The Balaban J connectivity index is 3.10. The molecule has 0 saturated heterocycles. The summed E-state index contributed by atoms with van der Waals surface area (Å²) in [7, 11) is 0. The Labute approximate surface area is 53.9 Å². The van der Waals surface area contributed by atoms with E-state index in [-0.39, 0.29) is 0 Å². The third kappa shape index (κ3) is 4.43. The molecule has 2 N–H and O–H groups in total. The second kappa shape index (κ2) is 4.18. The van der Waals surface area contributed by atoms with E-state index in [1.807, 2.05) is 6.92 Å². The van der Waals surface area contributed by atoms with Crippen LogP contribution in [0.3, 0.4) is 0 Å². The molecule has 0 aromatic carbocycles. The maximum atomic E-state index is 8.83. The molecule has 0 aliphatic rings. The van der Waals surface area contributed by atoms with Crippen molar-refractivity contribution in [3.63, 3.8) is 0 Å². The van der Waals surface area contributed by atoms with Crippen molar-refractivity contribution in [1.29, 1.82) is 0 Å². The van der Waals surface area contributed by atoms with Crippen molar-refractivity contribution in [2.45, 2.75) is 31.1 Å². The van der Waals surface area contributed by atoms with Crippen molar-refractivity contribution in [3.05, 3.63) is 0 Å². The summed E-state index contributed by atoms with van der Waals surface area (Å²) < 4.78 is 0. The molecule has 50 valence electrons. The quantitative estimate of drug-likeness (QED) is 0.563. The zero-order chi connectivity index (χ0) is 6.57. The van der Waals surface area contributed by atoms with E-state index in [0.717, 1.165) is 0 Å². The normalized spacial score (nSPS) is 18.0. The van der Waals surface area contributed by atoms with Gasteiger partial charge in [0.15, 0.2) is 0 Å². The highest BCUT2D eigenvalue weighted by Gasteiger charge is 2.03. The van der Waals surface area contributed by atoms with E-state index < -0.39 is 10.9 Å². The van der Waals surface area contributed by atoms with Gasteiger partial charge in [-0.2, -0.15) is 0 Å². The average molecular weight is 136 g/mol. The van der Waals surface area contributed by atoms with Gasteiger partial charge in [0.05, 0.1) is 5.44 Å². The maximum Gasteiger partial charge on any atom is 0.101 e. The predicted octanol–water partition coefficient (Wildman–Crippen LogP) is 0.786. The number of rotatable bonds is 3. The molecular weight excluding hydrogens is 124 g/mol. The first-order chi connectivity index (χ1) is 3.66. The van der Waals surface area contributed by atoms with Gasteiger partial charge in [0.25, 0.3) is 0 Å². The van der Waals surface area contributed by atoms with Crippen LogP contribution in [-0.2, 0) is 0 Å². The molecule has 0 aliphatic heterocycles. The van der Waals surface area contributed by atoms with Crippen LogP contribution in [0.1, 0.15) is 20.3 Å².